The molecule has 2 aliphatic heterocycles. The van der Waals surface area contributed by atoms with E-state index < -0.39 is 23.8 Å². The van der Waals surface area contributed by atoms with E-state index in [1.165, 1.54) is 0 Å². The lowest BCUT2D eigenvalue weighted by Gasteiger charge is -2.13. The molecule has 0 N–H and O–H groups in total. The Kier molecular flexibility index (Phi) is 7.15. The number of hydrogen-bond donors (Lipinski definition) is 0. The summed E-state index contributed by atoms with van der Waals surface area (Å²) in [6, 6.07) is 0. The SMILES string of the molecule is CCOC(=O)CN1C(=O)C(=C2SC(=S)N(CC(=O)OCC)C2=O)SC1=S. The van der Waals surface area contributed by atoms with Crippen LogP contribution in [0.2, 0.25) is 0 Å². The van der Waals surface area contributed by atoms with E-state index in [9.17, 15) is 19.2 Å². The zero-order valence-electron chi connectivity index (χ0n) is 13.8. The fourth-order valence-corrected chi connectivity index (χ4v) is 4.68. The van der Waals surface area contributed by atoms with E-state index >= 15 is 0 Å². The number of carbonyl (C=O) groups excluding carboxylic acids is 4. The highest BCUT2D eigenvalue weighted by Crippen LogP contribution is 2.41. The van der Waals surface area contributed by atoms with Gasteiger partial charge in [-0.25, -0.2) is 0 Å². The topological polar surface area (TPSA) is 93.2 Å². The van der Waals surface area contributed by atoms with Crippen LogP contribution in [0.15, 0.2) is 9.81 Å². The summed E-state index contributed by atoms with van der Waals surface area (Å²) < 4.78 is 9.92. The van der Waals surface area contributed by atoms with Gasteiger partial charge in [-0.15, -0.1) is 0 Å². The van der Waals surface area contributed by atoms with Crippen molar-refractivity contribution in [2.45, 2.75) is 13.8 Å². The average Bonchev–Trinajstić information content (AvgIpc) is 3.00. The van der Waals surface area contributed by atoms with Gasteiger partial charge in [-0.1, -0.05) is 48.0 Å². The Hall–Kier alpha value is -1.50. The van der Waals surface area contributed by atoms with E-state index in [2.05, 4.69) is 0 Å². The first kappa shape index (κ1) is 20.8. The molecule has 2 fully saturated rings. The van der Waals surface area contributed by atoms with Crippen LogP contribution in [-0.2, 0) is 28.7 Å². The van der Waals surface area contributed by atoms with Crippen LogP contribution in [-0.4, -0.2) is 68.5 Å². The Morgan fingerprint density at radius 1 is 0.846 bits per heavy atom. The van der Waals surface area contributed by atoms with Gasteiger partial charge in [0.15, 0.2) is 0 Å². The fourth-order valence-electron chi connectivity index (χ4n) is 2.01. The molecule has 140 valence electrons. The first-order valence-corrected chi connectivity index (χ1v) is 9.87. The minimum atomic E-state index is -0.597. The lowest BCUT2D eigenvalue weighted by atomic mass is 10.3. The summed E-state index contributed by atoms with van der Waals surface area (Å²) in [6.07, 6.45) is 0. The maximum absolute atomic E-state index is 12.6. The van der Waals surface area contributed by atoms with E-state index in [4.69, 9.17) is 33.9 Å². The number of hydrogen-bond acceptors (Lipinski definition) is 10. The van der Waals surface area contributed by atoms with Crippen LogP contribution in [0.3, 0.4) is 0 Å². The van der Waals surface area contributed by atoms with Gasteiger partial charge < -0.3 is 9.47 Å². The largest absolute Gasteiger partial charge is 0.465 e. The number of amides is 2. The molecule has 26 heavy (non-hydrogen) atoms. The number of thioether (sulfide) groups is 2. The minimum absolute atomic E-state index is 0.0861. The Bertz CT molecular complexity index is 675. The van der Waals surface area contributed by atoms with E-state index in [0.29, 0.717) is 0 Å². The van der Waals surface area contributed by atoms with Gasteiger partial charge in [0, 0.05) is 0 Å². The predicted octanol–water partition coefficient (Wildman–Crippen LogP) is 1.04. The van der Waals surface area contributed by atoms with Crippen LogP contribution in [0.4, 0.5) is 0 Å². The minimum Gasteiger partial charge on any atom is -0.465 e. The lowest BCUT2D eigenvalue weighted by Crippen LogP contribution is -2.35. The van der Waals surface area contributed by atoms with Crippen molar-refractivity contribution >= 4 is 80.4 Å². The normalized spacial score (nSPS) is 20.2. The summed E-state index contributed by atoms with van der Waals surface area (Å²) in [4.78, 5) is 50.7. The molecule has 2 rings (SSSR count). The van der Waals surface area contributed by atoms with Crippen LogP contribution >= 0.6 is 48.0 Å². The Morgan fingerprint density at radius 2 is 1.19 bits per heavy atom. The summed E-state index contributed by atoms with van der Waals surface area (Å²) in [6.45, 7) is 3.00. The third-order valence-corrected chi connectivity index (χ3v) is 6.12. The molecular formula is C14H14N2O6S4. The monoisotopic (exact) mass is 434 g/mol. The molecular weight excluding hydrogens is 420 g/mol. The molecule has 2 amide bonds. The first-order valence-electron chi connectivity index (χ1n) is 7.43. The molecule has 2 saturated heterocycles. The highest BCUT2D eigenvalue weighted by Gasteiger charge is 2.43. The highest BCUT2D eigenvalue weighted by atomic mass is 32.2. The zero-order chi connectivity index (χ0) is 19.4. The number of thiocarbonyl (C=S) groups is 2. The van der Waals surface area contributed by atoms with Crippen molar-refractivity contribution in [3.63, 3.8) is 0 Å². The van der Waals surface area contributed by atoms with Crippen LogP contribution in [0.25, 0.3) is 0 Å². The van der Waals surface area contributed by atoms with E-state index in [-0.39, 0.29) is 44.8 Å². The van der Waals surface area contributed by atoms with Crippen molar-refractivity contribution < 1.29 is 28.7 Å². The van der Waals surface area contributed by atoms with E-state index in [1.54, 1.807) is 13.8 Å². The van der Waals surface area contributed by atoms with Gasteiger partial charge >= 0.3 is 11.9 Å². The fraction of sp³-hybridized carbons (Fsp3) is 0.429. The van der Waals surface area contributed by atoms with Crippen molar-refractivity contribution in [1.29, 1.82) is 0 Å². The van der Waals surface area contributed by atoms with Gasteiger partial charge in [0.25, 0.3) is 11.8 Å². The molecule has 8 nitrogen and oxygen atoms in total. The van der Waals surface area contributed by atoms with Gasteiger partial charge in [0.05, 0.1) is 23.0 Å². The van der Waals surface area contributed by atoms with Crippen LogP contribution in [0.5, 0.6) is 0 Å². The molecule has 0 aliphatic carbocycles. The van der Waals surface area contributed by atoms with Crippen molar-refractivity contribution in [3.8, 4) is 0 Å². The van der Waals surface area contributed by atoms with E-state index in [1.807, 2.05) is 0 Å². The lowest BCUT2D eigenvalue weighted by molar-refractivity contribution is -0.146. The molecule has 2 aliphatic rings. The molecule has 0 unspecified atom stereocenters. The molecule has 12 heteroatoms. The number of carbonyl (C=O) groups is 4. The summed E-state index contributed by atoms with van der Waals surface area (Å²) >= 11 is 12.1. The molecule has 0 bridgehead atoms. The molecule has 0 aromatic carbocycles. The van der Waals surface area contributed by atoms with Crippen LogP contribution in [0, 0.1) is 0 Å². The Balaban J connectivity index is 2.19. The van der Waals surface area contributed by atoms with E-state index in [0.717, 1.165) is 33.3 Å². The van der Waals surface area contributed by atoms with Gasteiger partial charge in [-0.2, -0.15) is 0 Å². The van der Waals surface area contributed by atoms with Gasteiger partial charge in [-0.05, 0) is 13.8 Å². The molecule has 0 radical (unpaired) electrons. The number of nitrogens with zero attached hydrogens (tertiary/aromatic N) is 2. The third-order valence-electron chi connectivity index (χ3n) is 3.09. The smallest absolute Gasteiger partial charge is 0.326 e. The summed E-state index contributed by atoms with van der Waals surface area (Å²) in [5.41, 5.74) is 0. The van der Waals surface area contributed by atoms with Crippen molar-refractivity contribution in [2.75, 3.05) is 26.3 Å². The Labute approximate surface area is 168 Å². The molecule has 2 heterocycles. The van der Waals surface area contributed by atoms with Gasteiger partial charge in [0.2, 0.25) is 0 Å². The molecule has 0 saturated carbocycles. The number of ether oxygens (including phenoxy) is 2. The second-order valence-corrected chi connectivity index (χ2v) is 8.08. The third kappa shape index (κ3) is 4.42. The molecule has 0 atom stereocenters. The van der Waals surface area contributed by atoms with Crippen molar-refractivity contribution in [1.82, 2.24) is 9.80 Å². The van der Waals surface area contributed by atoms with Gasteiger partial charge in [-0.3, -0.25) is 29.0 Å². The summed E-state index contributed by atoms with van der Waals surface area (Å²) in [5.74, 6) is -2.32. The quantitative estimate of drug-likeness (QED) is 0.343. The second kappa shape index (κ2) is 8.93. The average molecular weight is 435 g/mol. The van der Waals surface area contributed by atoms with Crippen molar-refractivity contribution in [2.24, 2.45) is 0 Å². The summed E-state index contributed by atoms with van der Waals surface area (Å²) in [7, 11) is 0. The highest BCUT2D eigenvalue weighted by molar-refractivity contribution is 8.29. The predicted molar refractivity (Wildman–Crippen MR) is 104 cm³/mol. The molecule has 0 aromatic heterocycles. The Morgan fingerprint density at radius 3 is 1.50 bits per heavy atom. The maximum atomic E-state index is 12.6. The van der Waals surface area contributed by atoms with Crippen molar-refractivity contribution in [3.05, 3.63) is 9.81 Å². The van der Waals surface area contributed by atoms with Crippen LogP contribution < -0.4 is 0 Å². The second-order valence-electron chi connectivity index (χ2n) is 4.79. The maximum Gasteiger partial charge on any atom is 0.326 e. The summed E-state index contributed by atoms with van der Waals surface area (Å²) in [5, 5.41) is 0. The first-order chi connectivity index (χ1) is 12.3. The number of esters is 2. The number of rotatable bonds is 6. The zero-order valence-corrected chi connectivity index (χ0v) is 17.1. The molecule has 0 aromatic rings. The van der Waals surface area contributed by atoms with Crippen LogP contribution in [0.1, 0.15) is 13.8 Å². The van der Waals surface area contributed by atoms with Gasteiger partial charge in [0.1, 0.15) is 21.7 Å². The standard InChI is InChI=1S/C14H14N2O6S4/c1-3-21-7(17)5-15-11(19)9(25-13(15)23)10-12(20)16(14(24)26-10)6-8(18)22-4-2/h3-6H2,1-2H3. The molecule has 0 spiro atoms.